The standard InChI is InChI=1S/C17H23NO3S/c1-13-6-4-5-7-15(13)11-17(2,3)18-16(19)10-14-8-9-22(20,21)12-14/h4-9,14H,10-12H2,1-3H3,(H,18,19). The van der Waals surface area contributed by atoms with E-state index in [-0.39, 0.29) is 29.5 Å². The molecule has 1 heterocycles. The monoisotopic (exact) mass is 321 g/mol. The Morgan fingerprint density at radius 1 is 1.32 bits per heavy atom. The van der Waals surface area contributed by atoms with Gasteiger partial charge in [-0.15, -0.1) is 0 Å². The van der Waals surface area contributed by atoms with Gasteiger partial charge in [0.2, 0.25) is 5.91 Å². The molecule has 0 fully saturated rings. The fourth-order valence-electron chi connectivity index (χ4n) is 2.76. The highest BCUT2D eigenvalue weighted by Crippen LogP contribution is 2.20. The summed E-state index contributed by atoms with van der Waals surface area (Å²) in [5.74, 6) is -0.275. The molecule has 5 heteroatoms. The minimum absolute atomic E-state index is 0.0403. The first-order valence-corrected chi connectivity index (χ1v) is 9.15. The van der Waals surface area contributed by atoms with Crippen LogP contribution in [0.3, 0.4) is 0 Å². The molecule has 0 spiro atoms. The van der Waals surface area contributed by atoms with Crippen molar-refractivity contribution in [2.75, 3.05) is 5.75 Å². The summed E-state index contributed by atoms with van der Waals surface area (Å²) in [6, 6.07) is 8.11. The molecule has 1 unspecified atom stereocenters. The Balaban J connectivity index is 1.93. The van der Waals surface area contributed by atoms with Crippen LogP contribution in [-0.2, 0) is 21.1 Å². The van der Waals surface area contributed by atoms with Gasteiger partial charge in [0.1, 0.15) is 0 Å². The van der Waals surface area contributed by atoms with Crippen LogP contribution in [0.5, 0.6) is 0 Å². The summed E-state index contributed by atoms with van der Waals surface area (Å²) >= 11 is 0. The van der Waals surface area contributed by atoms with E-state index in [4.69, 9.17) is 0 Å². The molecule has 0 saturated heterocycles. The van der Waals surface area contributed by atoms with Crippen LogP contribution >= 0.6 is 0 Å². The number of nitrogens with one attached hydrogen (secondary N) is 1. The third kappa shape index (κ3) is 4.70. The molecule has 0 aromatic heterocycles. The number of carbonyl (C=O) groups is 1. The Morgan fingerprint density at radius 2 is 2.00 bits per heavy atom. The second-order valence-electron chi connectivity index (χ2n) is 6.66. The Labute approximate surface area is 132 Å². The normalized spacial score (nSPS) is 20.0. The minimum atomic E-state index is -3.10. The molecule has 22 heavy (non-hydrogen) atoms. The molecule has 0 saturated carbocycles. The van der Waals surface area contributed by atoms with E-state index in [0.29, 0.717) is 0 Å². The van der Waals surface area contributed by atoms with E-state index < -0.39 is 9.84 Å². The lowest BCUT2D eigenvalue weighted by Gasteiger charge is -2.27. The first-order valence-electron chi connectivity index (χ1n) is 7.43. The molecule has 1 amide bonds. The van der Waals surface area contributed by atoms with Gasteiger partial charge >= 0.3 is 0 Å². The van der Waals surface area contributed by atoms with Crippen molar-refractivity contribution in [2.24, 2.45) is 5.92 Å². The molecular weight excluding hydrogens is 298 g/mol. The summed E-state index contributed by atoms with van der Waals surface area (Å²) in [5.41, 5.74) is 2.04. The fourth-order valence-corrected chi connectivity index (χ4v) is 4.16. The average Bonchev–Trinajstić information content (AvgIpc) is 2.70. The quantitative estimate of drug-likeness (QED) is 0.905. The highest BCUT2D eigenvalue weighted by Gasteiger charge is 2.27. The summed E-state index contributed by atoms with van der Waals surface area (Å²) in [5, 5.41) is 4.23. The minimum Gasteiger partial charge on any atom is -0.351 e. The molecular formula is C17H23NO3S. The van der Waals surface area contributed by atoms with Gasteiger partial charge in [0, 0.05) is 23.3 Å². The molecule has 2 rings (SSSR count). The van der Waals surface area contributed by atoms with Crippen LogP contribution in [0.25, 0.3) is 0 Å². The van der Waals surface area contributed by atoms with Gasteiger partial charge in [0.15, 0.2) is 9.84 Å². The maximum absolute atomic E-state index is 12.2. The first-order chi connectivity index (χ1) is 10.2. The van der Waals surface area contributed by atoms with Gasteiger partial charge in [-0.3, -0.25) is 4.79 Å². The molecule has 0 radical (unpaired) electrons. The maximum atomic E-state index is 12.2. The van der Waals surface area contributed by atoms with Crippen LogP contribution in [0.4, 0.5) is 0 Å². The van der Waals surface area contributed by atoms with E-state index in [0.717, 1.165) is 6.42 Å². The zero-order chi connectivity index (χ0) is 16.4. The summed E-state index contributed by atoms with van der Waals surface area (Å²) in [7, 11) is -3.10. The van der Waals surface area contributed by atoms with Crippen LogP contribution in [0.2, 0.25) is 0 Å². The molecule has 1 aliphatic heterocycles. The smallest absolute Gasteiger partial charge is 0.221 e. The van der Waals surface area contributed by atoms with E-state index >= 15 is 0 Å². The Hall–Kier alpha value is -1.62. The first kappa shape index (κ1) is 16.7. The van der Waals surface area contributed by atoms with Gasteiger partial charge in [-0.2, -0.15) is 0 Å². The number of aryl methyl sites for hydroxylation is 1. The summed E-state index contributed by atoms with van der Waals surface area (Å²) < 4.78 is 22.7. The Morgan fingerprint density at radius 3 is 2.59 bits per heavy atom. The Kier molecular flexibility index (Phi) is 4.75. The number of carbonyl (C=O) groups excluding carboxylic acids is 1. The summed E-state index contributed by atoms with van der Waals surface area (Å²) in [6.07, 6.45) is 2.57. The zero-order valence-corrected chi connectivity index (χ0v) is 14.1. The highest BCUT2D eigenvalue weighted by molar-refractivity contribution is 7.94. The second-order valence-corrected chi connectivity index (χ2v) is 8.59. The number of benzene rings is 1. The lowest BCUT2D eigenvalue weighted by atomic mass is 9.92. The predicted molar refractivity (Wildman–Crippen MR) is 88.1 cm³/mol. The number of rotatable bonds is 5. The third-order valence-corrected chi connectivity index (χ3v) is 5.29. The van der Waals surface area contributed by atoms with E-state index in [1.165, 1.54) is 16.5 Å². The van der Waals surface area contributed by atoms with Crippen molar-refractivity contribution in [2.45, 2.75) is 39.2 Å². The van der Waals surface area contributed by atoms with Gasteiger partial charge in [0.05, 0.1) is 5.75 Å². The van der Waals surface area contributed by atoms with Crippen molar-refractivity contribution in [3.8, 4) is 0 Å². The molecule has 0 aliphatic carbocycles. The molecule has 120 valence electrons. The lowest BCUT2D eigenvalue weighted by Crippen LogP contribution is -2.45. The molecule has 1 atom stereocenters. The lowest BCUT2D eigenvalue weighted by molar-refractivity contribution is -0.123. The molecule has 1 aromatic rings. The third-order valence-electron chi connectivity index (χ3n) is 3.82. The predicted octanol–water partition coefficient (Wildman–Crippen LogP) is 2.38. The van der Waals surface area contributed by atoms with Gasteiger partial charge in [-0.25, -0.2) is 8.42 Å². The SMILES string of the molecule is Cc1ccccc1CC(C)(C)NC(=O)CC1C=CS(=O)(=O)C1. The number of sulfone groups is 1. The molecule has 1 N–H and O–H groups in total. The van der Waals surface area contributed by atoms with Gasteiger partial charge in [0.25, 0.3) is 0 Å². The van der Waals surface area contributed by atoms with Gasteiger partial charge in [-0.05, 0) is 38.3 Å². The van der Waals surface area contributed by atoms with E-state index in [1.54, 1.807) is 6.08 Å². The van der Waals surface area contributed by atoms with Crippen molar-refractivity contribution in [3.05, 3.63) is 46.9 Å². The van der Waals surface area contributed by atoms with Crippen LogP contribution in [0.1, 0.15) is 31.4 Å². The number of allylic oxidation sites excluding steroid dienone is 1. The highest BCUT2D eigenvalue weighted by atomic mass is 32.2. The molecule has 0 bridgehead atoms. The topological polar surface area (TPSA) is 63.2 Å². The molecule has 4 nitrogen and oxygen atoms in total. The summed E-state index contributed by atoms with van der Waals surface area (Å²) in [4.78, 5) is 12.2. The fraction of sp³-hybridized carbons (Fsp3) is 0.471. The largest absolute Gasteiger partial charge is 0.351 e. The molecule has 1 aromatic carbocycles. The van der Waals surface area contributed by atoms with Crippen LogP contribution in [-0.4, -0.2) is 25.6 Å². The van der Waals surface area contributed by atoms with E-state index in [1.807, 2.05) is 26.0 Å². The van der Waals surface area contributed by atoms with Crippen LogP contribution < -0.4 is 5.32 Å². The summed E-state index contributed by atoms with van der Waals surface area (Å²) in [6.45, 7) is 6.03. The van der Waals surface area contributed by atoms with E-state index in [2.05, 4.69) is 24.4 Å². The zero-order valence-electron chi connectivity index (χ0n) is 13.3. The van der Waals surface area contributed by atoms with Crippen LogP contribution in [0, 0.1) is 12.8 Å². The van der Waals surface area contributed by atoms with E-state index in [9.17, 15) is 13.2 Å². The number of amides is 1. The van der Waals surface area contributed by atoms with Crippen molar-refractivity contribution >= 4 is 15.7 Å². The van der Waals surface area contributed by atoms with Gasteiger partial charge in [-0.1, -0.05) is 30.3 Å². The number of hydrogen-bond acceptors (Lipinski definition) is 3. The van der Waals surface area contributed by atoms with Crippen molar-refractivity contribution in [1.29, 1.82) is 0 Å². The maximum Gasteiger partial charge on any atom is 0.221 e. The van der Waals surface area contributed by atoms with Crippen molar-refractivity contribution < 1.29 is 13.2 Å². The van der Waals surface area contributed by atoms with Gasteiger partial charge < -0.3 is 5.32 Å². The average molecular weight is 321 g/mol. The van der Waals surface area contributed by atoms with Crippen LogP contribution in [0.15, 0.2) is 35.7 Å². The van der Waals surface area contributed by atoms with Crippen molar-refractivity contribution in [3.63, 3.8) is 0 Å². The second kappa shape index (κ2) is 6.24. The number of hydrogen-bond donors (Lipinski definition) is 1. The van der Waals surface area contributed by atoms with Crippen molar-refractivity contribution in [1.82, 2.24) is 5.32 Å². The molecule has 1 aliphatic rings. The Bertz CT molecular complexity index is 690.